The third-order valence-corrected chi connectivity index (χ3v) is 5.41. The fraction of sp³-hybridized carbons (Fsp3) is 0.647. The van der Waals surface area contributed by atoms with Gasteiger partial charge in [0.05, 0.1) is 0 Å². The second-order valence-electron chi connectivity index (χ2n) is 7.08. The molecule has 2 saturated carbocycles. The van der Waals surface area contributed by atoms with E-state index in [0.29, 0.717) is 6.61 Å². The molecule has 1 aromatic carbocycles. The summed E-state index contributed by atoms with van der Waals surface area (Å²) in [6, 6.07) is 6.46. The summed E-state index contributed by atoms with van der Waals surface area (Å²) in [6.45, 7) is 2.47. The number of aliphatic hydroxyl groups excluding tert-OH is 1. The highest BCUT2D eigenvalue weighted by Crippen LogP contribution is 2.61. The van der Waals surface area contributed by atoms with Crippen molar-refractivity contribution in [1.29, 1.82) is 0 Å². The smallest absolute Gasteiger partial charge is 0.123 e. The number of hydrogen-bond donors (Lipinski definition) is 1. The first-order valence-corrected chi connectivity index (χ1v) is 7.54. The average molecular weight is 258 g/mol. The van der Waals surface area contributed by atoms with E-state index in [4.69, 9.17) is 4.74 Å². The van der Waals surface area contributed by atoms with Crippen molar-refractivity contribution in [3.8, 4) is 5.75 Å². The molecule has 0 saturated heterocycles. The van der Waals surface area contributed by atoms with Crippen LogP contribution in [0.1, 0.15) is 36.8 Å². The summed E-state index contributed by atoms with van der Waals surface area (Å²) < 4.78 is 6.09. The predicted octanol–water partition coefficient (Wildman–Crippen LogP) is 3.10. The van der Waals surface area contributed by atoms with Gasteiger partial charge in [-0.2, -0.15) is 0 Å². The van der Waals surface area contributed by atoms with Gasteiger partial charge in [-0.3, -0.25) is 0 Å². The molecular formula is C17H22O2. The van der Waals surface area contributed by atoms with Gasteiger partial charge in [-0.15, -0.1) is 0 Å². The maximum Gasteiger partial charge on any atom is 0.123 e. The second-order valence-corrected chi connectivity index (χ2v) is 7.08. The molecule has 3 atom stereocenters. The standard InChI is InChI=1S/C17H22O2/c1-11-2-3-16-12(4-11)6-15(19-16)9-17(10-18)7-13-5-14(13)8-17/h2-4,13-15,18H,5-10H2,1H3. The molecule has 2 nitrogen and oxygen atoms in total. The van der Waals surface area contributed by atoms with Crippen molar-refractivity contribution in [3.05, 3.63) is 29.3 Å². The molecule has 19 heavy (non-hydrogen) atoms. The van der Waals surface area contributed by atoms with Gasteiger partial charge < -0.3 is 9.84 Å². The minimum Gasteiger partial charge on any atom is -0.490 e. The van der Waals surface area contributed by atoms with Crippen LogP contribution in [0.15, 0.2) is 18.2 Å². The molecule has 2 fully saturated rings. The van der Waals surface area contributed by atoms with Crippen molar-refractivity contribution >= 4 is 0 Å². The number of rotatable bonds is 3. The van der Waals surface area contributed by atoms with E-state index in [-0.39, 0.29) is 11.5 Å². The molecule has 1 aliphatic heterocycles. The summed E-state index contributed by atoms with van der Waals surface area (Å²) in [7, 11) is 0. The Bertz CT molecular complexity index is 498. The molecule has 3 unspecified atom stereocenters. The van der Waals surface area contributed by atoms with Crippen LogP contribution in [-0.2, 0) is 6.42 Å². The van der Waals surface area contributed by atoms with Crippen LogP contribution in [0, 0.1) is 24.2 Å². The second kappa shape index (κ2) is 3.99. The van der Waals surface area contributed by atoms with Crippen molar-refractivity contribution in [2.24, 2.45) is 17.3 Å². The summed E-state index contributed by atoms with van der Waals surface area (Å²) in [4.78, 5) is 0. The maximum absolute atomic E-state index is 9.82. The third-order valence-electron chi connectivity index (χ3n) is 5.41. The zero-order valence-corrected chi connectivity index (χ0v) is 11.6. The van der Waals surface area contributed by atoms with Crippen LogP contribution in [0.2, 0.25) is 0 Å². The zero-order valence-electron chi connectivity index (χ0n) is 11.6. The van der Waals surface area contributed by atoms with Gasteiger partial charge in [-0.25, -0.2) is 0 Å². The molecule has 2 aliphatic carbocycles. The van der Waals surface area contributed by atoms with Gasteiger partial charge in [0.15, 0.2) is 0 Å². The van der Waals surface area contributed by atoms with Gasteiger partial charge in [-0.1, -0.05) is 17.7 Å². The monoisotopic (exact) mass is 258 g/mol. The zero-order chi connectivity index (χ0) is 13.0. The molecule has 1 aromatic rings. The molecule has 3 aliphatic rings. The van der Waals surface area contributed by atoms with Crippen LogP contribution < -0.4 is 4.74 Å². The van der Waals surface area contributed by atoms with E-state index in [1.165, 1.54) is 30.4 Å². The molecular weight excluding hydrogens is 236 g/mol. The summed E-state index contributed by atoms with van der Waals surface area (Å²) in [5.74, 6) is 2.89. The average Bonchev–Trinajstić information content (AvgIpc) is 2.84. The van der Waals surface area contributed by atoms with E-state index < -0.39 is 0 Å². The Labute approximate surface area is 114 Å². The lowest BCUT2D eigenvalue weighted by atomic mass is 9.78. The molecule has 0 bridgehead atoms. The van der Waals surface area contributed by atoms with Gasteiger partial charge in [-0.05, 0) is 61.5 Å². The number of hydrogen-bond acceptors (Lipinski definition) is 2. The largest absolute Gasteiger partial charge is 0.490 e. The summed E-state index contributed by atoms with van der Waals surface area (Å²) >= 11 is 0. The predicted molar refractivity (Wildman–Crippen MR) is 74.3 cm³/mol. The normalized spacial score (nSPS) is 38.7. The number of benzene rings is 1. The molecule has 102 valence electrons. The SMILES string of the molecule is Cc1ccc2c(c1)CC(CC1(CO)CC3CC3C1)O2. The first kappa shape index (κ1) is 11.8. The van der Waals surface area contributed by atoms with Crippen molar-refractivity contribution in [3.63, 3.8) is 0 Å². The highest BCUT2D eigenvalue weighted by Gasteiger charge is 2.54. The van der Waals surface area contributed by atoms with Crippen LogP contribution in [0.5, 0.6) is 5.75 Å². The lowest BCUT2D eigenvalue weighted by molar-refractivity contribution is 0.0633. The molecule has 2 heteroatoms. The lowest BCUT2D eigenvalue weighted by Crippen LogP contribution is -2.31. The van der Waals surface area contributed by atoms with Crippen molar-refractivity contribution < 1.29 is 9.84 Å². The van der Waals surface area contributed by atoms with Crippen LogP contribution in [0.3, 0.4) is 0 Å². The van der Waals surface area contributed by atoms with Crippen LogP contribution in [-0.4, -0.2) is 17.8 Å². The van der Waals surface area contributed by atoms with Crippen molar-refractivity contribution in [2.45, 2.75) is 45.1 Å². The topological polar surface area (TPSA) is 29.5 Å². The lowest BCUT2D eigenvalue weighted by Gasteiger charge is -2.31. The first-order chi connectivity index (χ1) is 9.17. The molecule has 0 amide bonds. The Morgan fingerprint density at radius 2 is 2.11 bits per heavy atom. The fourth-order valence-corrected chi connectivity index (χ4v) is 4.41. The molecule has 0 radical (unpaired) electrons. The van der Waals surface area contributed by atoms with Crippen LogP contribution in [0.4, 0.5) is 0 Å². The Balaban J connectivity index is 1.47. The quantitative estimate of drug-likeness (QED) is 0.902. The van der Waals surface area contributed by atoms with Crippen LogP contribution >= 0.6 is 0 Å². The fourth-order valence-electron chi connectivity index (χ4n) is 4.41. The molecule has 1 heterocycles. The summed E-state index contributed by atoms with van der Waals surface area (Å²) in [5.41, 5.74) is 2.82. The number of aliphatic hydroxyl groups is 1. The number of ether oxygens (including phenoxy) is 1. The molecule has 4 rings (SSSR count). The van der Waals surface area contributed by atoms with Gasteiger partial charge in [0.25, 0.3) is 0 Å². The van der Waals surface area contributed by atoms with E-state index >= 15 is 0 Å². The summed E-state index contributed by atoms with van der Waals surface area (Å²) in [6.07, 6.45) is 6.19. The maximum atomic E-state index is 9.82. The number of aryl methyl sites for hydroxylation is 1. The van der Waals surface area contributed by atoms with Crippen molar-refractivity contribution in [1.82, 2.24) is 0 Å². The Hall–Kier alpha value is -1.02. The van der Waals surface area contributed by atoms with Gasteiger partial charge in [0, 0.05) is 13.0 Å². The van der Waals surface area contributed by atoms with E-state index in [2.05, 4.69) is 25.1 Å². The van der Waals surface area contributed by atoms with E-state index in [1.807, 2.05) is 0 Å². The highest BCUT2D eigenvalue weighted by molar-refractivity contribution is 5.40. The Morgan fingerprint density at radius 3 is 2.84 bits per heavy atom. The van der Waals surface area contributed by atoms with Gasteiger partial charge >= 0.3 is 0 Å². The minimum absolute atomic E-state index is 0.162. The van der Waals surface area contributed by atoms with Gasteiger partial charge in [0.2, 0.25) is 0 Å². The van der Waals surface area contributed by atoms with Gasteiger partial charge in [0.1, 0.15) is 11.9 Å². The van der Waals surface area contributed by atoms with Crippen LogP contribution in [0.25, 0.3) is 0 Å². The Kier molecular flexibility index (Phi) is 2.47. The molecule has 0 spiro atoms. The highest BCUT2D eigenvalue weighted by atomic mass is 16.5. The van der Waals surface area contributed by atoms with E-state index in [0.717, 1.165) is 30.4 Å². The summed E-state index contributed by atoms with van der Waals surface area (Å²) in [5, 5.41) is 9.82. The van der Waals surface area contributed by atoms with E-state index in [1.54, 1.807) is 0 Å². The molecule has 0 aromatic heterocycles. The van der Waals surface area contributed by atoms with Crippen molar-refractivity contribution in [2.75, 3.05) is 6.61 Å². The van der Waals surface area contributed by atoms with E-state index in [9.17, 15) is 5.11 Å². The number of fused-ring (bicyclic) bond motifs is 2. The third kappa shape index (κ3) is 1.97. The minimum atomic E-state index is 0.162. The Morgan fingerprint density at radius 1 is 1.32 bits per heavy atom. The molecule has 1 N–H and O–H groups in total. The first-order valence-electron chi connectivity index (χ1n) is 7.54.